The molecule has 1 aromatic heterocycles. The third-order valence-corrected chi connectivity index (χ3v) is 3.90. The van der Waals surface area contributed by atoms with Crippen LogP contribution in [0.1, 0.15) is 27.6 Å². The van der Waals surface area contributed by atoms with Gasteiger partial charge in [0.05, 0.1) is 6.54 Å². The van der Waals surface area contributed by atoms with E-state index >= 15 is 0 Å². The predicted octanol–water partition coefficient (Wildman–Crippen LogP) is 4.38. The van der Waals surface area contributed by atoms with Crippen LogP contribution in [0, 0.1) is 0 Å². The number of ketones is 2. The Morgan fingerprint density at radius 1 is 1.05 bits per heavy atom. The second-order valence-corrected chi connectivity index (χ2v) is 5.61. The lowest BCUT2D eigenvalue weighted by Gasteiger charge is -2.05. The molecule has 0 aliphatic carbocycles. The summed E-state index contributed by atoms with van der Waals surface area (Å²) >= 11 is 5.84. The average Bonchev–Trinajstić information content (AvgIpc) is 2.87. The Labute approximate surface area is 133 Å². The predicted molar refractivity (Wildman–Crippen MR) is 87.7 cm³/mol. The second-order valence-electron chi connectivity index (χ2n) is 5.17. The molecule has 0 radical (unpaired) electrons. The molecule has 3 nitrogen and oxygen atoms in total. The van der Waals surface area contributed by atoms with Gasteiger partial charge in [-0.15, -0.1) is 0 Å². The van der Waals surface area contributed by atoms with Gasteiger partial charge in [-0.1, -0.05) is 29.8 Å². The van der Waals surface area contributed by atoms with Crippen LogP contribution in [0.4, 0.5) is 0 Å². The highest BCUT2D eigenvalue weighted by atomic mass is 35.5. The lowest BCUT2D eigenvalue weighted by molar-refractivity contribution is 0.0969. The number of carbonyl (C=O) groups excluding carboxylic acids is 2. The Morgan fingerprint density at radius 3 is 2.41 bits per heavy atom. The summed E-state index contributed by atoms with van der Waals surface area (Å²) in [5.74, 6) is -0.0265. The minimum absolute atomic E-state index is 0.00566. The number of para-hydroxylation sites is 1. The summed E-state index contributed by atoms with van der Waals surface area (Å²) in [7, 11) is 0. The van der Waals surface area contributed by atoms with Crippen molar-refractivity contribution in [1.29, 1.82) is 0 Å². The van der Waals surface area contributed by atoms with E-state index in [4.69, 9.17) is 11.6 Å². The van der Waals surface area contributed by atoms with E-state index in [-0.39, 0.29) is 18.1 Å². The molecule has 0 amide bonds. The lowest BCUT2D eigenvalue weighted by atomic mass is 10.1. The maximum atomic E-state index is 12.4. The molecule has 1 heterocycles. The molecule has 0 atom stereocenters. The summed E-state index contributed by atoms with van der Waals surface area (Å²) in [4.78, 5) is 24.2. The molecule has 0 aliphatic heterocycles. The molecule has 0 fully saturated rings. The van der Waals surface area contributed by atoms with Crippen molar-refractivity contribution in [3.8, 4) is 0 Å². The van der Waals surface area contributed by atoms with Crippen LogP contribution in [0.2, 0.25) is 5.02 Å². The molecule has 0 saturated carbocycles. The van der Waals surface area contributed by atoms with Crippen LogP contribution in [0.3, 0.4) is 0 Å². The Kier molecular flexibility index (Phi) is 3.82. The topological polar surface area (TPSA) is 39.1 Å². The highest BCUT2D eigenvalue weighted by molar-refractivity contribution is 6.30. The molecular formula is C18H14ClNO2. The third kappa shape index (κ3) is 2.68. The van der Waals surface area contributed by atoms with E-state index in [9.17, 15) is 9.59 Å². The van der Waals surface area contributed by atoms with E-state index in [1.807, 2.05) is 28.8 Å². The molecule has 4 heteroatoms. The number of hydrogen-bond acceptors (Lipinski definition) is 2. The highest BCUT2D eigenvalue weighted by Crippen LogP contribution is 2.22. The van der Waals surface area contributed by atoms with E-state index in [0.29, 0.717) is 16.1 Å². The Balaban J connectivity index is 1.98. The van der Waals surface area contributed by atoms with Gasteiger partial charge in [0, 0.05) is 33.2 Å². The summed E-state index contributed by atoms with van der Waals surface area (Å²) in [6.07, 6.45) is 1.75. The van der Waals surface area contributed by atoms with Gasteiger partial charge in [-0.3, -0.25) is 9.59 Å². The summed E-state index contributed by atoms with van der Waals surface area (Å²) in [6.45, 7) is 1.72. The number of carbonyl (C=O) groups is 2. The molecule has 0 aliphatic rings. The largest absolute Gasteiger partial charge is 0.339 e. The maximum Gasteiger partial charge on any atom is 0.182 e. The number of nitrogens with zero attached hydrogens (tertiary/aromatic N) is 1. The van der Waals surface area contributed by atoms with Crippen molar-refractivity contribution in [2.24, 2.45) is 0 Å². The van der Waals surface area contributed by atoms with Crippen molar-refractivity contribution in [2.75, 3.05) is 0 Å². The smallest absolute Gasteiger partial charge is 0.182 e. The van der Waals surface area contributed by atoms with Crippen LogP contribution in [0.25, 0.3) is 10.9 Å². The number of fused-ring (bicyclic) bond motifs is 1. The van der Waals surface area contributed by atoms with Gasteiger partial charge in [0.25, 0.3) is 0 Å². The second kappa shape index (κ2) is 5.78. The Hall–Kier alpha value is -2.39. The lowest BCUT2D eigenvalue weighted by Crippen LogP contribution is -2.09. The van der Waals surface area contributed by atoms with Crippen LogP contribution in [0.5, 0.6) is 0 Å². The maximum absolute atomic E-state index is 12.4. The molecule has 0 spiro atoms. The van der Waals surface area contributed by atoms with Crippen LogP contribution < -0.4 is 0 Å². The number of Topliss-reactive ketones (excluding diaryl/α,β-unsaturated/α-hetero) is 2. The molecule has 0 unspecified atom stereocenters. The summed E-state index contributed by atoms with van der Waals surface area (Å²) in [5.41, 5.74) is 2.13. The summed E-state index contributed by atoms with van der Waals surface area (Å²) in [6, 6.07) is 14.4. The van der Waals surface area contributed by atoms with Crippen LogP contribution >= 0.6 is 11.6 Å². The SMILES string of the molecule is CC(=O)c1cn(CC(=O)c2ccc(Cl)cc2)c2ccccc12. The molecule has 0 saturated heterocycles. The Bertz CT molecular complexity index is 862. The number of aromatic nitrogens is 1. The summed E-state index contributed by atoms with van der Waals surface area (Å²) < 4.78 is 1.82. The zero-order valence-corrected chi connectivity index (χ0v) is 12.8. The van der Waals surface area contributed by atoms with Crippen LogP contribution in [-0.4, -0.2) is 16.1 Å². The quantitative estimate of drug-likeness (QED) is 0.671. The van der Waals surface area contributed by atoms with Gasteiger partial charge in [-0.25, -0.2) is 0 Å². The van der Waals surface area contributed by atoms with E-state index in [1.54, 1.807) is 30.5 Å². The van der Waals surface area contributed by atoms with Crippen molar-refractivity contribution in [3.63, 3.8) is 0 Å². The summed E-state index contributed by atoms with van der Waals surface area (Å²) in [5, 5.41) is 1.47. The van der Waals surface area contributed by atoms with Gasteiger partial charge in [-0.05, 0) is 37.3 Å². The van der Waals surface area contributed by atoms with Gasteiger partial charge in [-0.2, -0.15) is 0 Å². The molecule has 110 valence electrons. The monoisotopic (exact) mass is 311 g/mol. The number of rotatable bonds is 4. The van der Waals surface area contributed by atoms with Crippen molar-refractivity contribution < 1.29 is 9.59 Å². The van der Waals surface area contributed by atoms with Gasteiger partial charge in [0.2, 0.25) is 0 Å². The van der Waals surface area contributed by atoms with Crippen LogP contribution in [0.15, 0.2) is 54.7 Å². The number of halogens is 1. The van der Waals surface area contributed by atoms with Crippen molar-refractivity contribution in [2.45, 2.75) is 13.5 Å². The first-order valence-electron chi connectivity index (χ1n) is 6.94. The number of benzene rings is 2. The van der Waals surface area contributed by atoms with Gasteiger partial charge in [0.1, 0.15) is 0 Å². The molecule has 0 bridgehead atoms. The van der Waals surface area contributed by atoms with Gasteiger partial charge < -0.3 is 4.57 Å². The van der Waals surface area contributed by atoms with E-state index < -0.39 is 0 Å². The fourth-order valence-electron chi connectivity index (χ4n) is 2.54. The first-order valence-corrected chi connectivity index (χ1v) is 7.31. The molecule has 3 aromatic rings. The standard InChI is InChI=1S/C18H14ClNO2/c1-12(21)16-10-20(17-5-3-2-4-15(16)17)11-18(22)13-6-8-14(19)9-7-13/h2-10H,11H2,1H3. The normalized spacial score (nSPS) is 10.8. The fourth-order valence-corrected chi connectivity index (χ4v) is 2.67. The number of hydrogen-bond donors (Lipinski definition) is 0. The Morgan fingerprint density at radius 2 is 1.73 bits per heavy atom. The fraction of sp³-hybridized carbons (Fsp3) is 0.111. The first kappa shape index (κ1) is 14.5. The van der Waals surface area contributed by atoms with Crippen molar-refractivity contribution in [3.05, 3.63) is 70.9 Å². The van der Waals surface area contributed by atoms with Crippen molar-refractivity contribution in [1.82, 2.24) is 4.57 Å². The molecule has 3 rings (SSSR count). The van der Waals surface area contributed by atoms with Crippen molar-refractivity contribution >= 4 is 34.1 Å². The van der Waals surface area contributed by atoms with Crippen LogP contribution in [-0.2, 0) is 6.54 Å². The molecule has 22 heavy (non-hydrogen) atoms. The zero-order valence-electron chi connectivity index (χ0n) is 12.0. The first-order chi connectivity index (χ1) is 10.6. The molecular weight excluding hydrogens is 298 g/mol. The zero-order chi connectivity index (χ0) is 15.7. The highest BCUT2D eigenvalue weighted by Gasteiger charge is 2.14. The molecule has 2 aromatic carbocycles. The average molecular weight is 312 g/mol. The van der Waals surface area contributed by atoms with Gasteiger partial charge >= 0.3 is 0 Å². The minimum atomic E-state index is -0.0208. The van der Waals surface area contributed by atoms with E-state index in [2.05, 4.69) is 0 Å². The van der Waals surface area contributed by atoms with Gasteiger partial charge in [0.15, 0.2) is 11.6 Å². The van der Waals surface area contributed by atoms with E-state index in [1.165, 1.54) is 6.92 Å². The minimum Gasteiger partial charge on any atom is -0.339 e. The molecule has 0 N–H and O–H groups in total. The third-order valence-electron chi connectivity index (χ3n) is 3.65. The van der Waals surface area contributed by atoms with E-state index in [0.717, 1.165) is 10.9 Å².